The maximum Gasteiger partial charge on any atom is 0.161 e. The molecule has 5 heteroatoms. The van der Waals surface area contributed by atoms with E-state index in [1.165, 1.54) is 0 Å². The minimum absolute atomic E-state index is 0.326. The molecular weight excluding hydrogens is 268 g/mol. The van der Waals surface area contributed by atoms with E-state index in [9.17, 15) is 5.11 Å². The van der Waals surface area contributed by atoms with Gasteiger partial charge in [-0.05, 0) is 17.7 Å². The summed E-state index contributed by atoms with van der Waals surface area (Å²) in [6, 6.07) is 5.58. The van der Waals surface area contributed by atoms with Crippen molar-refractivity contribution in [3.8, 4) is 11.5 Å². The van der Waals surface area contributed by atoms with E-state index < -0.39 is 6.10 Å². The molecule has 112 valence electrons. The van der Waals surface area contributed by atoms with Crippen LogP contribution in [0, 0.1) is 0 Å². The molecule has 1 aliphatic heterocycles. The smallest absolute Gasteiger partial charge is 0.161 e. The van der Waals surface area contributed by atoms with Crippen molar-refractivity contribution >= 4 is 0 Å². The van der Waals surface area contributed by atoms with Crippen molar-refractivity contribution < 1.29 is 14.6 Å². The summed E-state index contributed by atoms with van der Waals surface area (Å²) in [5.41, 5.74) is 0.822. The van der Waals surface area contributed by atoms with E-state index in [-0.39, 0.29) is 0 Å². The molecule has 0 bridgehead atoms. The highest BCUT2D eigenvalue weighted by Crippen LogP contribution is 2.33. The molecule has 0 amide bonds. The van der Waals surface area contributed by atoms with Crippen molar-refractivity contribution in [3.05, 3.63) is 42.0 Å². The lowest BCUT2D eigenvalue weighted by Gasteiger charge is -2.21. The minimum atomic E-state index is -0.604. The lowest BCUT2D eigenvalue weighted by Crippen LogP contribution is -2.16. The first-order valence-corrected chi connectivity index (χ1v) is 7.24. The summed E-state index contributed by atoms with van der Waals surface area (Å²) in [7, 11) is 0. The first-order valence-electron chi connectivity index (χ1n) is 7.24. The predicted octanol–water partition coefficient (Wildman–Crippen LogP) is 2.51. The average Bonchev–Trinajstić information content (AvgIpc) is 2.95. The Morgan fingerprint density at radius 3 is 2.76 bits per heavy atom. The molecule has 1 aromatic carbocycles. The van der Waals surface area contributed by atoms with Gasteiger partial charge in [0.2, 0.25) is 0 Å². The number of aromatic nitrogens is 2. The SMILES string of the molecule is CC(C)c1nccn1CC(O)c1ccc2c(c1)OCCO2. The monoisotopic (exact) mass is 288 g/mol. The second-order valence-corrected chi connectivity index (χ2v) is 5.51. The van der Waals surface area contributed by atoms with Crippen LogP contribution in [0.1, 0.15) is 37.3 Å². The number of aliphatic hydroxyl groups is 1. The van der Waals surface area contributed by atoms with Crippen LogP contribution in [-0.4, -0.2) is 27.9 Å². The standard InChI is InChI=1S/C16H20N2O3/c1-11(2)16-17-5-6-18(16)10-13(19)12-3-4-14-15(9-12)21-8-7-20-14/h3-6,9,11,13,19H,7-8,10H2,1-2H3. The van der Waals surface area contributed by atoms with Crippen LogP contribution in [0.2, 0.25) is 0 Å². The number of rotatable bonds is 4. The Hall–Kier alpha value is -2.01. The van der Waals surface area contributed by atoms with Crippen LogP contribution in [0.25, 0.3) is 0 Å². The molecule has 0 fully saturated rings. The van der Waals surface area contributed by atoms with Crippen molar-refractivity contribution in [2.75, 3.05) is 13.2 Å². The van der Waals surface area contributed by atoms with Crippen LogP contribution in [0.3, 0.4) is 0 Å². The summed E-state index contributed by atoms with van der Waals surface area (Å²) in [5.74, 6) is 2.74. The fourth-order valence-electron chi connectivity index (χ4n) is 2.53. The fraction of sp³-hybridized carbons (Fsp3) is 0.438. The lowest BCUT2D eigenvalue weighted by molar-refractivity contribution is 0.150. The van der Waals surface area contributed by atoms with Gasteiger partial charge in [-0.25, -0.2) is 4.98 Å². The number of hydrogen-bond acceptors (Lipinski definition) is 4. The van der Waals surface area contributed by atoms with Crippen LogP contribution >= 0.6 is 0 Å². The molecular formula is C16H20N2O3. The Labute approximate surface area is 124 Å². The molecule has 0 saturated heterocycles. The van der Waals surface area contributed by atoms with Crippen LogP contribution in [0.15, 0.2) is 30.6 Å². The third kappa shape index (κ3) is 2.88. The Kier molecular flexibility index (Phi) is 3.84. The summed E-state index contributed by atoms with van der Waals surface area (Å²) in [6.45, 7) is 5.78. The molecule has 0 saturated carbocycles. The Balaban J connectivity index is 1.79. The second-order valence-electron chi connectivity index (χ2n) is 5.51. The molecule has 1 unspecified atom stereocenters. The molecule has 1 N–H and O–H groups in total. The van der Waals surface area contributed by atoms with Gasteiger partial charge in [-0.3, -0.25) is 0 Å². The van der Waals surface area contributed by atoms with E-state index in [0.29, 0.717) is 31.4 Å². The van der Waals surface area contributed by atoms with Gasteiger partial charge in [-0.2, -0.15) is 0 Å². The lowest BCUT2D eigenvalue weighted by atomic mass is 10.1. The Morgan fingerprint density at radius 2 is 2.00 bits per heavy atom. The number of benzene rings is 1. The number of fused-ring (bicyclic) bond motifs is 1. The topological polar surface area (TPSA) is 56.5 Å². The van der Waals surface area contributed by atoms with E-state index in [2.05, 4.69) is 18.8 Å². The van der Waals surface area contributed by atoms with Crippen molar-refractivity contribution in [2.45, 2.75) is 32.4 Å². The first kappa shape index (κ1) is 13.9. The molecule has 0 aliphatic carbocycles. The summed E-state index contributed by atoms with van der Waals surface area (Å²) >= 11 is 0. The Bertz CT molecular complexity index is 622. The molecule has 0 spiro atoms. The van der Waals surface area contributed by atoms with Gasteiger partial charge >= 0.3 is 0 Å². The van der Waals surface area contributed by atoms with Crippen LogP contribution in [0.4, 0.5) is 0 Å². The maximum atomic E-state index is 10.5. The molecule has 0 radical (unpaired) electrons. The fourth-order valence-corrected chi connectivity index (χ4v) is 2.53. The summed E-state index contributed by atoms with van der Waals surface area (Å²) in [5, 5.41) is 10.5. The van der Waals surface area contributed by atoms with Crippen molar-refractivity contribution in [1.82, 2.24) is 9.55 Å². The van der Waals surface area contributed by atoms with E-state index in [1.54, 1.807) is 6.20 Å². The highest BCUT2D eigenvalue weighted by molar-refractivity contribution is 5.44. The molecule has 5 nitrogen and oxygen atoms in total. The van der Waals surface area contributed by atoms with E-state index in [1.807, 2.05) is 29.0 Å². The zero-order valence-corrected chi connectivity index (χ0v) is 12.3. The van der Waals surface area contributed by atoms with Gasteiger partial charge in [0, 0.05) is 18.3 Å². The number of imidazole rings is 1. The normalized spacial score (nSPS) is 15.2. The largest absolute Gasteiger partial charge is 0.486 e. The highest BCUT2D eigenvalue weighted by Gasteiger charge is 2.17. The van der Waals surface area contributed by atoms with Gasteiger partial charge in [0.1, 0.15) is 19.0 Å². The molecule has 2 heterocycles. The Morgan fingerprint density at radius 1 is 1.24 bits per heavy atom. The molecule has 2 aromatic rings. The summed E-state index contributed by atoms with van der Waals surface area (Å²) in [6.07, 6.45) is 3.06. The maximum absolute atomic E-state index is 10.5. The third-order valence-electron chi connectivity index (χ3n) is 3.58. The summed E-state index contributed by atoms with van der Waals surface area (Å²) < 4.78 is 13.0. The third-order valence-corrected chi connectivity index (χ3v) is 3.58. The van der Waals surface area contributed by atoms with Crippen LogP contribution < -0.4 is 9.47 Å². The molecule has 21 heavy (non-hydrogen) atoms. The van der Waals surface area contributed by atoms with E-state index in [0.717, 1.165) is 17.1 Å². The number of nitrogens with zero attached hydrogens (tertiary/aromatic N) is 2. The van der Waals surface area contributed by atoms with E-state index in [4.69, 9.17) is 9.47 Å². The van der Waals surface area contributed by atoms with Gasteiger partial charge < -0.3 is 19.1 Å². The zero-order valence-electron chi connectivity index (χ0n) is 12.3. The van der Waals surface area contributed by atoms with Gasteiger partial charge in [-0.15, -0.1) is 0 Å². The number of aliphatic hydroxyl groups excluding tert-OH is 1. The molecule has 1 aromatic heterocycles. The molecule has 1 aliphatic rings. The zero-order chi connectivity index (χ0) is 14.8. The second kappa shape index (κ2) is 5.77. The predicted molar refractivity (Wildman–Crippen MR) is 78.7 cm³/mol. The molecule has 3 rings (SSSR count). The van der Waals surface area contributed by atoms with Crippen molar-refractivity contribution in [1.29, 1.82) is 0 Å². The van der Waals surface area contributed by atoms with Crippen molar-refractivity contribution in [2.24, 2.45) is 0 Å². The van der Waals surface area contributed by atoms with Gasteiger partial charge in [-0.1, -0.05) is 19.9 Å². The van der Waals surface area contributed by atoms with Crippen molar-refractivity contribution in [3.63, 3.8) is 0 Å². The van der Waals surface area contributed by atoms with Gasteiger partial charge in [0.25, 0.3) is 0 Å². The number of ether oxygens (including phenoxy) is 2. The average molecular weight is 288 g/mol. The summed E-state index contributed by atoms with van der Waals surface area (Å²) in [4.78, 5) is 4.34. The van der Waals surface area contributed by atoms with E-state index >= 15 is 0 Å². The number of hydrogen-bond donors (Lipinski definition) is 1. The van der Waals surface area contributed by atoms with Crippen LogP contribution in [0.5, 0.6) is 11.5 Å². The van der Waals surface area contributed by atoms with Crippen LogP contribution in [-0.2, 0) is 6.54 Å². The highest BCUT2D eigenvalue weighted by atomic mass is 16.6. The first-order chi connectivity index (χ1) is 10.1. The quantitative estimate of drug-likeness (QED) is 0.939. The molecule has 1 atom stereocenters. The van der Waals surface area contributed by atoms with Gasteiger partial charge in [0.15, 0.2) is 11.5 Å². The van der Waals surface area contributed by atoms with Gasteiger partial charge in [0.05, 0.1) is 12.6 Å². The minimum Gasteiger partial charge on any atom is -0.486 e.